The number of aryl methyl sites for hydroxylation is 1. The van der Waals surface area contributed by atoms with Gasteiger partial charge in [-0.25, -0.2) is 15.2 Å². The summed E-state index contributed by atoms with van der Waals surface area (Å²) in [6.45, 7) is 8.21. The van der Waals surface area contributed by atoms with E-state index in [-0.39, 0.29) is 24.4 Å². The molecule has 2 atom stereocenters. The Morgan fingerprint density at radius 3 is 2.47 bits per heavy atom. The number of hydrogen-bond donors (Lipinski definition) is 2. The fraction of sp³-hybridized carbons (Fsp3) is 0.520. The topological polar surface area (TPSA) is 124 Å². The van der Waals surface area contributed by atoms with Gasteiger partial charge in [-0.05, 0) is 54.6 Å². The Morgan fingerprint density at radius 2 is 1.94 bits per heavy atom. The number of esters is 1. The highest BCUT2D eigenvalue weighted by atomic mass is 79.9. The molecule has 0 radical (unpaired) electrons. The maximum absolute atomic E-state index is 12.7. The van der Waals surface area contributed by atoms with Crippen molar-refractivity contribution in [3.8, 4) is 0 Å². The van der Waals surface area contributed by atoms with Crippen LogP contribution in [0.4, 0.5) is 4.79 Å². The van der Waals surface area contributed by atoms with Crippen molar-refractivity contribution in [3.63, 3.8) is 0 Å². The van der Waals surface area contributed by atoms with Crippen LogP contribution in [0.15, 0.2) is 40.3 Å². The number of carbonyl (C=O) groups excluding carboxylic acids is 3. The number of benzene rings is 1. The Labute approximate surface area is 224 Å². The molecule has 9 nitrogen and oxygen atoms in total. The van der Waals surface area contributed by atoms with Crippen molar-refractivity contribution in [1.82, 2.24) is 15.4 Å². The van der Waals surface area contributed by atoms with Gasteiger partial charge in [0.05, 0.1) is 5.01 Å². The first-order chi connectivity index (χ1) is 17.0. The van der Waals surface area contributed by atoms with Crippen LogP contribution in [-0.4, -0.2) is 46.2 Å². The van der Waals surface area contributed by atoms with Gasteiger partial charge in [0.25, 0.3) is 0 Å². The van der Waals surface area contributed by atoms with E-state index in [1.807, 2.05) is 35.7 Å². The third kappa shape index (κ3) is 11.0. The number of nitrogens with one attached hydrogen (secondary N) is 1. The minimum absolute atomic E-state index is 0.0228. The molecule has 1 saturated heterocycles. The van der Waals surface area contributed by atoms with Crippen LogP contribution in [0.2, 0.25) is 0 Å². The van der Waals surface area contributed by atoms with Gasteiger partial charge in [0.15, 0.2) is 0 Å². The first kappa shape index (κ1) is 29.7. The van der Waals surface area contributed by atoms with Crippen molar-refractivity contribution in [2.75, 3.05) is 6.54 Å². The molecule has 3 rings (SSSR count). The van der Waals surface area contributed by atoms with Crippen LogP contribution >= 0.6 is 27.3 Å². The number of nitrogens with zero attached hydrogens (tertiary/aromatic N) is 2. The van der Waals surface area contributed by atoms with E-state index < -0.39 is 17.7 Å². The van der Waals surface area contributed by atoms with Crippen molar-refractivity contribution >= 4 is 45.2 Å². The number of aromatic nitrogens is 1. The number of hydrogen-bond acceptors (Lipinski definition) is 8. The van der Waals surface area contributed by atoms with Crippen molar-refractivity contribution in [3.05, 3.63) is 50.9 Å². The van der Waals surface area contributed by atoms with Gasteiger partial charge >= 0.3 is 12.1 Å². The third-order valence-electron chi connectivity index (χ3n) is 5.19. The van der Waals surface area contributed by atoms with Crippen LogP contribution in [0.5, 0.6) is 0 Å². The Balaban J connectivity index is 0.000000493. The monoisotopic (exact) mass is 582 g/mol. The highest BCUT2D eigenvalue weighted by Crippen LogP contribution is 2.21. The van der Waals surface area contributed by atoms with Crippen molar-refractivity contribution in [2.24, 2.45) is 11.7 Å². The number of ether oxygens (including phenoxy) is 2. The van der Waals surface area contributed by atoms with Gasteiger partial charge in [-0.1, -0.05) is 43.7 Å². The van der Waals surface area contributed by atoms with Gasteiger partial charge in [0.1, 0.15) is 22.9 Å². The van der Waals surface area contributed by atoms with Crippen LogP contribution in [0.25, 0.3) is 0 Å². The molecule has 3 N–H and O–H groups in total. The number of rotatable bonds is 7. The average Bonchev–Trinajstić information content (AvgIpc) is 3.25. The highest BCUT2D eigenvalue weighted by molar-refractivity contribution is 9.10. The summed E-state index contributed by atoms with van der Waals surface area (Å²) in [5, 5.41) is 4.42. The first-order valence-electron chi connectivity index (χ1n) is 11.8. The Hall–Kier alpha value is -2.50. The molecule has 0 aliphatic carbocycles. The lowest BCUT2D eigenvalue weighted by atomic mass is 9.95. The van der Waals surface area contributed by atoms with E-state index in [9.17, 15) is 14.4 Å². The van der Waals surface area contributed by atoms with Gasteiger partial charge in [-0.3, -0.25) is 14.6 Å². The predicted octanol–water partition coefficient (Wildman–Crippen LogP) is 4.59. The van der Waals surface area contributed by atoms with E-state index in [4.69, 9.17) is 10.5 Å². The molecular formula is C25H35BrN4O5S. The SMILES string of the molecule is CC(C)(C)OC(N)=O.CC[C@@H]1CC(C(=O)OCc2ccccc2)NN(C(=O)CCc2nc(Br)cs2)C1. The second kappa shape index (κ2) is 14.3. The Kier molecular flexibility index (Phi) is 11.8. The molecule has 1 fully saturated rings. The molecule has 1 aromatic carbocycles. The smallest absolute Gasteiger partial charge is 0.405 e. The molecule has 11 heteroatoms. The fourth-order valence-corrected chi connectivity index (χ4v) is 4.73. The molecule has 2 aromatic rings. The average molecular weight is 584 g/mol. The lowest BCUT2D eigenvalue weighted by Crippen LogP contribution is -2.58. The second-order valence-corrected chi connectivity index (χ2v) is 11.1. The van der Waals surface area contributed by atoms with E-state index in [1.165, 1.54) is 11.3 Å². The summed E-state index contributed by atoms with van der Waals surface area (Å²) in [7, 11) is 0. The molecule has 36 heavy (non-hydrogen) atoms. The molecule has 2 amide bonds. The largest absolute Gasteiger partial charge is 0.460 e. The van der Waals surface area contributed by atoms with Crippen LogP contribution in [0.1, 0.15) is 57.5 Å². The molecule has 1 unspecified atom stereocenters. The summed E-state index contributed by atoms with van der Waals surface area (Å²) in [6, 6.07) is 9.09. The fourth-order valence-electron chi connectivity index (χ4n) is 3.46. The number of thiazole rings is 1. The normalized spacial score (nSPS) is 17.5. The standard InChI is InChI=1S/C20H24BrN3O3S.C5H11NO2/c1-2-14-10-16(20(26)27-12-15-6-4-3-5-7-15)23-24(11-14)19(25)9-8-18-22-17(21)13-28-18;1-5(2,3)8-4(6)7/h3-7,13-14,16,23H,2,8-12H2,1H3;1-3H3,(H2,6,7)/t14-,16?;/m1./s1. The number of nitrogens with two attached hydrogens (primary N) is 1. The van der Waals surface area contributed by atoms with Crippen molar-refractivity contribution < 1.29 is 23.9 Å². The van der Waals surface area contributed by atoms with Crippen LogP contribution < -0.4 is 11.2 Å². The summed E-state index contributed by atoms with van der Waals surface area (Å²) in [6.07, 6.45) is 1.81. The van der Waals surface area contributed by atoms with E-state index in [0.717, 1.165) is 21.6 Å². The Bertz CT molecular complexity index is 996. The van der Waals surface area contributed by atoms with Crippen molar-refractivity contribution in [2.45, 2.75) is 71.6 Å². The molecule has 2 heterocycles. The predicted molar refractivity (Wildman–Crippen MR) is 142 cm³/mol. The third-order valence-corrected chi connectivity index (χ3v) is 6.81. The molecule has 198 valence electrons. The lowest BCUT2D eigenvalue weighted by Gasteiger charge is -2.37. The van der Waals surface area contributed by atoms with E-state index in [2.05, 4.69) is 38.0 Å². The lowest BCUT2D eigenvalue weighted by molar-refractivity contribution is -0.154. The maximum Gasteiger partial charge on any atom is 0.405 e. The number of amides is 2. The first-order valence-corrected chi connectivity index (χ1v) is 13.5. The molecule has 1 aliphatic rings. The van der Waals surface area contributed by atoms with Gasteiger partial charge in [-0.2, -0.15) is 0 Å². The molecule has 1 aromatic heterocycles. The number of carbonyl (C=O) groups is 3. The maximum atomic E-state index is 12.7. The molecule has 0 bridgehead atoms. The summed E-state index contributed by atoms with van der Waals surface area (Å²) in [5.74, 6) is -0.0672. The number of hydrazine groups is 1. The van der Waals surface area contributed by atoms with Gasteiger partial charge < -0.3 is 15.2 Å². The van der Waals surface area contributed by atoms with Crippen LogP contribution in [0.3, 0.4) is 0 Å². The number of primary amides is 1. The number of halogens is 1. The minimum atomic E-state index is -0.725. The zero-order valence-corrected chi connectivity index (χ0v) is 23.6. The van der Waals surface area contributed by atoms with Gasteiger partial charge in [0.2, 0.25) is 5.91 Å². The summed E-state index contributed by atoms with van der Waals surface area (Å²) in [4.78, 5) is 39.6. The summed E-state index contributed by atoms with van der Waals surface area (Å²) in [5.41, 5.74) is 8.29. The zero-order valence-electron chi connectivity index (χ0n) is 21.2. The zero-order chi connectivity index (χ0) is 26.7. The summed E-state index contributed by atoms with van der Waals surface area (Å²) >= 11 is 4.86. The van der Waals surface area contributed by atoms with E-state index in [0.29, 0.717) is 25.8 Å². The minimum Gasteiger partial charge on any atom is -0.460 e. The molecule has 1 aliphatic heterocycles. The molecule has 0 spiro atoms. The van der Waals surface area contributed by atoms with E-state index in [1.54, 1.807) is 25.8 Å². The molecular weight excluding hydrogens is 548 g/mol. The summed E-state index contributed by atoms with van der Waals surface area (Å²) < 4.78 is 10.8. The van der Waals surface area contributed by atoms with Crippen molar-refractivity contribution in [1.29, 1.82) is 0 Å². The Morgan fingerprint density at radius 1 is 1.25 bits per heavy atom. The molecule has 0 saturated carbocycles. The van der Waals surface area contributed by atoms with Gasteiger partial charge in [-0.15, -0.1) is 11.3 Å². The van der Waals surface area contributed by atoms with Crippen LogP contribution in [0, 0.1) is 5.92 Å². The van der Waals surface area contributed by atoms with Crippen LogP contribution in [-0.2, 0) is 32.1 Å². The quantitative estimate of drug-likeness (QED) is 0.457. The van der Waals surface area contributed by atoms with E-state index >= 15 is 0 Å². The second-order valence-electron chi connectivity index (χ2n) is 9.39. The van der Waals surface area contributed by atoms with Gasteiger partial charge in [0, 0.05) is 24.8 Å². The highest BCUT2D eigenvalue weighted by Gasteiger charge is 2.33.